The van der Waals surface area contributed by atoms with Crippen LogP contribution in [0.3, 0.4) is 0 Å². The Kier molecular flexibility index (Phi) is 6.75. The van der Waals surface area contributed by atoms with Crippen LogP contribution in [0, 0.1) is 0 Å². The highest BCUT2D eigenvalue weighted by atomic mass is 15.2. The Morgan fingerprint density at radius 1 is 1.10 bits per heavy atom. The minimum atomic E-state index is 0.391. The van der Waals surface area contributed by atoms with Gasteiger partial charge in [0.2, 0.25) is 0 Å². The Labute approximate surface area is 132 Å². The summed E-state index contributed by atoms with van der Waals surface area (Å²) in [7, 11) is 0. The average molecular weight is 293 g/mol. The molecule has 1 atom stereocenters. The van der Waals surface area contributed by atoms with E-state index >= 15 is 0 Å². The SMILES string of the molecule is CCCNC(C1=CCCCC1)C1(N(CC)CC)CCCC1. The first-order valence-electron chi connectivity index (χ1n) is 9.45. The van der Waals surface area contributed by atoms with Crippen molar-refractivity contribution in [3.63, 3.8) is 0 Å². The van der Waals surface area contributed by atoms with Crippen LogP contribution in [0.5, 0.6) is 0 Å². The van der Waals surface area contributed by atoms with Gasteiger partial charge in [0.1, 0.15) is 0 Å². The fourth-order valence-corrected chi connectivity index (χ4v) is 4.71. The summed E-state index contributed by atoms with van der Waals surface area (Å²) >= 11 is 0. The number of hydrogen-bond acceptors (Lipinski definition) is 2. The van der Waals surface area contributed by atoms with Crippen LogP contribution < -0.4 is 5.32 Å². The molecule has 0 aromatic carbocycles. The van der Waals surface area contributed by atoms with Crippen molar-refractivity contribution in [2.24, 2.45) is 0 Å². The standard InChI is InChI=1S/C19H36N2/c1-4-16-20-18(17-12-8-7-9-13-17)19(14-10-11-15-19)21(5-2)6-3/h12,18,20H,4-11,13-16H2,1-3H3. The fraction of sp³-hybridized carbons (Fsp3) is 0.895. The van der Waals surface area contributed by atoms with Gasteiger partial charge in [-0.15, -0.1) is 0 Å². The van der Waals surface area contributed by atoms with Crippen LogP contribution in [-0.4, -0.2) is 36.1 Å². The first-order chi connectivity index (χ1) is 10.3. The van der Waals surface area contributed by atoms with Crippen molar-refractivity contribution < 1.29 is 0 Å². The molecule has 2 heteroatoms. The van der Waals surface area contributed by atoms with E-state index in [4.69, 9.17) is 0 Å². The molecule has 122 valence electrons. The zero-order valence-corrected chi connectivity index (χ0v) is 14.6. The molecule has 0 bridgehead atoms. The van der Waals surface area contributed by atoms with Crippen molar-refractivity contribution >= 4 is 0 Å². The van der Waals surface area contributed by atoms with E-state index in [0.29, 0.717) is 11.6 Å². The van der Waals surface area contributed by atoms with Crippen LogP contribution in [-0.2, 0) is 0 Å². The van der Waals surface area contributed by atoms with Crippen molar-refractivity contribution in [1.82, 2.24) is 10.2 Å². The molecule has 1 fully saturated rings. The molecule has 0 heterocycles. The molecule has 0 amide bonds. The Morgan fingerprint density at radius 2 is 1.81 bits per heavy atom. The minimum Gasteiger partial charge on any atom is -0.309 e. The van der Waals surface area contributed by atoms with Gasteiger partial charge < -0.3 is 5.32 Å². The largest absolute Gasteiger partial charge is 0.309 e. The Hall–Kier alpha value is -0.340. The minimum absolute atomic E-state index is 0.391. The van der Waals surface area contributed by atoms with Crippen LogP contribution in [0.2, 0.25) is 0 Å². The Balaban J connectivity index is 2.27. The van der Waals surface area contributed by atoms with Gasteiger partial charge in [0, 0.05) is 11.6 Å². The summed E-state index contributed by atoms with van der Waals surface area (Å²) < 4.78 is 0. The fourth-order valence-electron chi connectivity index (χ4n) is 4.71. The van der Waals surface area contributed by atoms with Crippen LogP contribution in [0.25, 0.3) is 0 Å². The molecule has 0 saturated heterocycles. The first-order valence-corrected chi connectivity index (χ1v) is 9.45. The van der Waals surface area contributed by atoms with Gasteiger partial charge >= 0.3 is 0 Å². The molecule has 1 N–H and O–H groups in total. The summed E-state index contributed by atoms with van der Waals surface area (Å²) in [5, 5.41) is 3.96. The Morgan fingerprint density at radius 3 is 2.33 bits per heavy atom. The third kappa shape index (κ3) is 3.71. The van der Waals surface area contributed by atoms with Crippen molar-refractivity contribution in [3.05, 3.63) is 11.6 Å². The molecule has 1 saturated carbocycles. The highest BCUT2D eigenvalue weighted by Gasteiger charge is 2.45. The zero-order chi connectivity index (χ0) is 15.1. The van der Waals surface area contributed by atoms with Gasteiger partial charge in [0.05, 0.1) is 0 Å². The van der Waals surface area contributed by atoms with Crippen LogP contribution in [0.1, 0.15) is 78.6 Å². The monoisotopic (exact) mass is 292 g/mol. The second kappa shape index (κ2) is 8.33. The maximum absolute atomic E-state index is 3.96. The smallest absolute Gasteiger partial charge is 0.0466 e. The molecular weight excluding hydrogens is 256 g/mol. The molecule has 0 radical (unpaired) electrons. The van der Waals surface area contributed by atoms with Gasteiger partial charge in [-0.25, -0.2) is 0 Å². The van der Waals surface area contributed by atoms with Gasteiger partial charge in [-0.2, -0.15) is 0 Å². The van der Waals surface area contributed by atoms with E-state index in [1.807, 2.05) is 0 Å². The lowest BCUT2D eigenvalue weighted by Crippen LogP contribution is -2.60. The van der Waals surface area contributed by atoms with Crippen molar-refractivity contribution in [1.29, 1.82) is 0 Å². The predicted octanol–water partition coefficient (Wildman–Crippen LogP) is 4.51. The van der Waals surface area contributed by atoms with Gasteiger partial charge in [0.25, 0.3) is 0 Å². The van der Waals surface area contributed by atoms with Crippen LogP contribution in [0.15, 0.2) is 11.6 Å². The van der Waals surface area contributed by atoms with Crippen molar-refractivity contribution in [2.75, 3.05) is 19.6 Å². The lowest BCUT2D eigenvalue weighted by atomic mass is 9.78. The maximum atomic E-state index is 3.96. The van der Waals surface area contributed by atoms with Gasteiger partial charge in [-0.3, -0.25) is 4.90 Å². The van der Waals surface area contributed by atoms with Gasteiger partial charge in [-0.05, 0) is 64.6 Å². The predicted molar refractivity (Wildman–Crippen MR) is 92.8 cm³/mol. The second-order valence-corrected chi connectivity index (χ2v) is 6.89. The van der Waals surface area contributed by atoms with Crippen molar-refractivity contribution in [2.45, 2.75) is 90.1 Å². The maximum Gasteiger partial charge on any atom is 0.0466 e. The van der Waals surface area contributed by atoms with Gasteiger partial charge in [-0.1, -0.05) is 45.3 Å². The molecule has 2 nitrogen and oxygen atoms in total. The highest BCUT2D eigenvalue weighted by molar-refractivity contribution is 5.22. The third-order valence-corrected chi connectivity index (χ3v) is 5.70. The highest BCUT2D eigenvalue weighted by Crippen LogP contribution is 2.42. The number of allylic oxidation sites excluding steroid dienone is 1. The van der Waals surface area contributed by atoms with E-state index in [2.05, 4.69) is 37.1 Å². The lowest BCUT2D eigenvalue weighted by Gasteiger charge is -2.48. The molecule has 0 aromatic heterocycles. The molecule has 0 aromatic rings. The number of likely N-dealkylation sites (N-methyl/N-ethyl adjacent to an activating group) is 1. The number of nitrogens with zero attached hydrogens (tertiary/aromatic N) is 1. The van der Waals surface area contributed by atoms with E-state index in [1.54, 1.807) is 5.57 Å². The summed E-state index contributed by atoms with van der Waals surface area (Å²) in [6.07, 6.45) is 14.8. The average Bonchev–Trinajstić information content (AvgIpc) is 3.00. The molecular formula is C19H36N2. The summed E-state index contributed by atoms with van der Waals surface area (Å²) in [4.78, 5) is 2.77. The van der Waals surface area contributed by atoms with E-state index in [0.717, 1.165) is 6.54 Å². The molecule has 0 spiro atoms. The van der Waals surface area contributed by atoms with Crippen LogP contribution in [0.4, 0.5) is 0 Å². The van der Waals surface area contributed by atoms with E-state index < -0.39 is 0 Å². The zero-order valence-electron chi connectivity index (χ0n) is 14.6. The molecule has 2 rings (SSSR count). The molecule has 21 heavy (non-hydrogen) atoms. The van der Waals surface area contributed by atoms with E-state index in [1.165, 1.54) is 70.9 Å². The summed E-state index contributed by atoms with van der Waals surface area (Å²) in [5.41, 5.74) is 2.12. The third-order valence-electron chi connectivity index (χ3n) is 5.70. The van der Waals surface area contributed by atoms with E-state index in [9.17, 15) is 0 Å². The second-order valence-electron chi connectivity index (χ2n) is 6.89. The topological polar surface area (TPSA) is 15.3 Å². The summed E-state index contributed by atoms with van der Waals surface area (Å²) in [6.45, 7) is 10.5. The Bertz CT molecular complexity index is 324. The number of rotatable bonds is 8. The molecule has 0 aliphatic heterocycles. The lowest BCUT2D eigenvalue weighted by molar-refractivity contribution is 0.0737. The van der Waals surface area contributed by atoms with Crippen molar-refractivity contribution in [3.8, 4) is 0 Å². The quantitative estimate of drug-likeness (QED) is 0.662. The number of nitrogens with one attached hydrogen (secondary N) is 1. The normalized spacial score (nSPS) is 23.3. The molecule has 2 aliphatic rings. The van der Waals surface area contributed by atoms with Crippen LogP contribution >= 0.6 is 0 Å². The van der Waals surface area contributed by atoms with E-state index in [-0.39, 0.29) is 0 Å². The summed E-state index contributed by atoms with van der Waals surface area (Å²) in [6, 6.07) is 0.597. The first kappa shape index (κ1) is 17.0. The number of hydrogen-bond donors (Lipinski definition) is 1. The summed E-state index contributed by atoms with van der Waals surface area (Å²) in [5.74, 6) is 0. The van der Waals surface area contributed by atoms with Gasteiger partial charge in [0.15, 0.2) is 0 Å². The molecule has 2 aliphatic carbocycles. The molecule has 1 unspecified atom stereocenters.